The molecular formula is C14H31N. The van der Waals surface area contributed by atoms with Crippen LogP contribution in [0.2, 0.25) is 0 Å². The molecule has 15 heavy (non-hydrogen) atoms. The monoisotopic (exact) mass is 213 g/mol. The minimum Gasteiger partial charge on any atom is -0.303 e. The van der Waals surface area contributed by atoms with Gasteiger partial charge in [0, 0.05) is 12.6 Å². The lowest BCUT2D eigenvalue weighted by molar-refractivity contribution is 0.323. The van der Waals surface area contributed by atoms with Gasteiger partial charge in [0.15, 0.2) is 0 Å². The lowest BCUT2D eigenvalue weighted by Crippen LogP contribution is -2.21. The van der Waals surface area contributed by atoms with E-state index in [0.717, 1.165) is 12.0 Å². The Bertz CT molecular complexity index is 123. The van der Waals surface area contributed by atoms with Gasteiger partial charge in [0.1, 0.15) is 0 Å². The van der Waals surface area contributed by atoms with Crippen LogP contribution in [0.1, 0.15) is 66.2 Å². The minimum absolute atomic E-state index is 0.830. The molecule has 1 aliphatic rings. The van der Waals surface area contributed by atoms with Gasteiger partial charge in [-0.1, -0.05) is 46.5 Å². The molecule has 0 radical (unpaired) electrons. The van der Waals surface area contributed by atoms with E-state index in [9.17, 15) is 0 Å². The largest absolute Gasteiger partial charge is 0.303 e. The highest BCUT2D eigenvalue weighted by Gasteiger charge is 2.25. The van der Waals surface area contributed by atoms with Crippen molar-refractivity contribution >= 4 is 0 Å². The molecule has 2 atom stereocenters. The molecule has 1 saturated heterocycles. The first-order valence-corrected chi connectivity index (χ1v) is 6.94. The van der Waals surface area contributed by atoms with Crippen molar-refractivity contribution < 1.29 is 0 Å². The second kappa shape index (κ2) is 9.21. The summed E-state index contributed by atoms with van der Waals surface area (Å²) in [5.41, 5.74) is 0. The maximum Gasteiger partial charge on any atom is 0.00671 e. The van der Waals surface area contributed by atoms with Crippen LogP contribution in [0, 0.1) is 5.92 Å². The summed E-state index contributed by atoms with van der Waals surface area (Å²) in [6.07, 6.45) is 8.60. The number of unbranched alkanes of at least 4 members (excludes halogenated alkanes) is 3. The molecule has 2 unspecified atom stereocenters. The fraction of sp³-hybridized carbons (Fsp3) is 1.00. The van der Waals surface area contributed by atoms with Crippen LogP contribution in [0.3, 0.4) is 0 Å². The van der Waals surface area contributed by atoms with Gasteiger partial charge in [-0.15, -0.1) is 0 Å². The standard InChI is InChI=1S/C12H25N.C2H6/c1-4-5-6-7-8-12-9-11(2)13(3)10-12;1-2/h11-12H,4-10H2,1-3H3;1-2H3. The Labute approximate surface area is 97.2 Å². The van der Waals surface area contributed by atoms with Crippen LogP contribution in [0.5, 0.6) is 0 Å². The summed E-state index contributed by atoms with van der Waals surface area (Å²) in [6, 6.07) is 0.830. The third kappa shape index (κ3) is 6.19. The Morgan fingerprint density at radius 2 is 1.80 bits per heavy atom. The molecule has 0 bridgehead atoms. The van der Waals surface area contributed by atoms with E-state index < -0.39 is 0 Å². The van der Waals surface area contributed by atoms with Crippen LogP contribution in [0.15, 0.2) is 0 Å². The first kappa shape index (κ1) is 15.0. The molecule has 0 spiro atoms. The lowest BCUT2D eigenvalue weighted by Gasteiger charge is -2.12. The van der Waals surface area contributed by atoms with Crippen molar-refractivity contribution in [3.05, 3.63) is 0 Å². The molecule has 0 aromatic rings. The molecule has 1 nitrogen and oxygen atoms in total. The van der Waals surface area contributed by atoms with Crippen LogP contribution in [-0.2, 0) is 0 Å². The molecule has 0 N–H and O–H groups in total. The Hall–Kier alpha value is -0.0400. The number of likely N-dealkylation sites (tertiary alicyclic amines) is 1. The van der Waals surface area contributed by atoms with E-state index in [1.807, 2.05) is 13.8 Å². The molecule has 1 fully saturated rings. The molecule has 1 aliphatic heterocycles. The van der Waals surface area contributed by atoms with Gasteiger partial charge in [-0.2, -0.15) is 0 Å². The van der Waals surface area contributed by atoms with E-state index in [-0.39, 0.29) is 0 Å². The highest BCUT2D eigenvalue weighted by Crippen LogP contribution is 2.25. The summed E-state index contributed by atoms with van der Waals surface area (Å²) in [5.74, 6) is 0.997. The van der Waals surface area contributed by atoms with E-state index in [0.29, 0.717) is 0 Å². The van der Waals surface area contributed by atoms with Gasteiger partial charge in [-0.05, 0) is 32.7 Å². The van der Waals surface area contributed by atoms with Crippen molar-refractivity contribution in [1.82, 2.24) is 4.90 Å². The SMILES string of the molecule is CC.CCCCCCC1CC(C)N(C)C1. The van der Waals surface area contributed by atoms with E-state index in [4.69, 9.17) is 0 Å². The van der Waals surface area contributed by atoms with Crippen molar-refractivity contribution in [2.24, 2.45) is 5.92 Å². The van der Waals surface area contributed by atoms with Crippen LogP contribution < -0.4 is 0 Å². The Morgan fingerprint density at radius 3 is 2.27 bits per heavy atom. The van der Waals surface area contributed by atoms with E-state index in [2.05, 4.69) is 25.8 Å². The van der Waals surface area contributed by atoms with E-state index in [1.54, 1.807) is 0 Å². The van der Waals surface area contributed by atoms with Gasteiger partial charge >= 0.3 is 0 Å². The molecule has 1 rings (SSSR count). The maximum atomic E-state index is 2.50. The van der Waals surface area contributed by atoms with Crippen LogP contribution in [0.4, 0.5) is 0 Å². The summed E-state index contributed by atoms with van der Waals surface area (Å²) in [6.45, 7) is 9.98. The fourth-order valence-electron chi connectivity index (χ4n) is 2.39. The van der Waals surface area contributed by atoms with E-state index >= 15 is 0 Å². The topological polar surface area (TPSA) is 3.24 Å². The third-order valence-electron chi connectivity index (χ3n) is 3.44. The van der Waals surface area contributed by atoms with E-state index in [1.165, 1.54) is 45.1 Å². The number of rotatable bonds is 5. The van der Waals surface area contributed by atoms with Crippen molar-refractivity contribution in [1.29, 1.82) is 0 Å². The zero-order valence-corrected chi connectivity index (χ0v) is 11.6. The molecule has 0 amide bonds. The predicted octanol–water partition coefficient (Wildman–Crippen LogP) is 4.32. The summed E-state index contributed by atoms with van der Waals surface area (Å²) < 4.78 is 0. The zero-order chi connectivity index (χ0) is 11.7. The van der Waals surface area contributed by atoms with Crippen molar-refractivity contribution in [3.63, 3.8) is 0 Å². The fourth-order valence-corrected chi connectivity index (χ4v) is 2.39. The first-order chi connectivity index (χ1) is 7.24. The van der Waals surface area contributed by atoms with Gasteiger partial charge in [0.25, 0.3) is 0 Å². The minimum atomic E-state index is 0.830. The predicted molar refractivity (Wildman–Crippen MR) is 70.3 cm³/mol. The second-order valence-corrected chi connectivity index (χ2v) is 4.74. The Morgan fingerprint density at radius 1 is 1.13 bits per heavy atom. The van der Waals surface area contributed by atoms with Gasteiger partial charge in [-0.3, -0.25) is 0 Å². The normalized spacial score (nSPS) is 26.2. The van der Waals surface area contributed by atoms with Gasteiger partial charge in [0.05, 0.1) is 0 Å². The molecule has 0 saturated carbocycles. The molecule has 92 valence electrons. The van der Waals surface area contributed by atoms with Gasteiger partial charge in [-0.25, -0.2) is 0 Å². The highest BCUT2D eigenvalue weighted by molar-refractivity contribution is 4.79. The smallest absolute Gasteiger partial charge is 0.00671 e. The van der Waals surface area contributed by atoms with Crippen molar-refractivity contribution in [2.45, 2.75) is 72.3 Å². The molecule has 0 aliphatic carbocycles. The second-order valence-electron chi connectivity index (χ2n) is 4.74. The molecule has 1 heterocycles. The molecule has 0 aromatic carbocycles. The number of hydrogen-bond acceptors (Lipinski definition) is 1. The maximum absolute atomic E-state index is 2.50. The van der Waals surface area contributed by atoms with Crippen LogP contribution in [0.25, 0.3) is 0 Å². The third-order valence-corrected chi connectivity index (χ3v) is 3.44. The number of nitrogens with zero attached hydrogens (tertiary/aromatic N) is 1. The lowest BCUT2D eigenvalue weighted by atomic mass is 9.98. The molecular weight excluding hydrogens is 182 g/mol. The average Bonchev–Trinajstić information content (AvgIpc) is 2.57. The van der Waals surface area contributed by atoms with Gasteiger partial charge < -0.3 is 4.90 Å². The Kier molecular flexibility index (Phi) is 9.18. The summed E-state index contributed by atoms with van der Waals surface area (Å²) in [5, 5.41) is 0. The first-order valence-electron chi connectivity index (χ1n) is 6.94. The summed E-state index contributed by atoms with van der Waals surface area (Å²) >= 11 is 0. The molecule has 1 heteroatoms. The van der Waals surface area contributed by atoms with Crippen molar-refractivity contribution in [2.75, 3.05) is 13.6 Å². The summed E-state index contributed by atoms with van der Waals surface area (Å²) in [7, 11) is 2.26. The number of hydrogen-bond donors (Lipinski definition) is 0. The quantitative estimate of drug-likeness (QED) is 0.615. The zero-order valence-electron chi connectivity index (χ0n) is 11.6. The highest BCUT2D eigenvalue weighted by atomic mass is 15.1. The molecule has 0 aromatic heterocycles. The van der Waals surface area contributed by atoms with Gasteiger partial charge in [0.2, 0.25) is 0 Å². The average molecular weight is 213 g/mol. The van der Waals surface area contributed by atoms with Crippen LogP contribution in [-0.4, -0.2) is 24.5 Å². The van der Waals surface area contributed by atoms with Crippen LogP contribution >= 0.6 is 0 Å². The van der Waals surface area contributed by atoms with Crippen molar-refractivity contribution in [3.8, 4) is 0 Å². The summed E-state index contributed by atoms with van der Waals surface area (Å²) in [4.78, 5) is 2.50. The Balaban J connectivity index is 0.000000921.